The largest absolute Gasteiger partial charge is 0.352 e. The number of carbonyl (C=O) groups excluding carboxylic acids is 2. The first-order valence-electron chi connectivity index (χ1n) is 9.49. The molecule has 1 aliphatic carbocycles. The Kier molecular flexibility index (Phi) is 7.91. The summed E-state index contributed by atoms with van der Waals surface area (Å²) in [5.74, 6) is 0.282. The fourth-order valence-electron chi connectivity index (χ4n) is 4.11. The molecule has 0 aromatic heterocycles. The Balaban J connectivity index is 0.00000243. The predicted octanol–water partition coefficient (Wildman–Crippen LogP) is 2.48. The van der Waals surface area contributed by atoms with Gasteiger partial charge in [0, 0.05) is 32.1 Å². The second-order valence-electron chi connectivity index (χ2n) is 7.41. The molecule has 144 valence electrons. The first-order valence-corrected chi connectivity index (χ1v) is 9.49. The van der Waals surface area contributed by atoms with E-state index in [2.05, 4.69) is 5.32 Å². The van der Waals surface area contributed by atoms with Crippen LogP contribution in [0.15, 0.2) is 30.3 Å². The Morgan fingerprint density at radius 1 is 1.19 bits per heavy atom. The smallest absolute Gasteiger partial charge is 0.225 e. The maximum Gasteiger partial charge on any atom is 0.225 e. The monoisotopic (exact) mass is 379 g/mol. The standard InChI is InChI=1S/C20H29N3O2.ClH/c21-12-18(16-9-5-2-6-10-16)22-20(25)17-11-19(24)23(14-17)13-15-7-3-1-4-8-15;/h1,3-4,7-8,16-18H,2,5-6,9-14,21H2,(H,22,25);1H. The summed E-state index contributed by atoms with van der Waals surface area (Å²) in [5.41, 5.74) is 7.01. The van der Waals surface area contributed by atoms with Crippen molar-refractivity contribution < 1.29 is 9.59 Å². The molecule has 0 spiro atoms. The average molecular weight is 380 g/mol. The van der Waals surface area contributed by atoms with Gasteiger partial charge in [-0.25, -0.2) is 0 Å². The highest BCUT2D eigenvalue weighted by atomic mass is 35.5. The lowest BCUT2D eigenvalue weighted by atomic mass is 9.83. The summed E-state index contributed by atoms with van der Waals surface area (Å²) in [6.07, 6.45) is 6.33. The van der Waals surface area contributed by atoms with Crippen molar-refractivity contribution in [3.8, 4) is 0 Å². The number of rotatable bonds is 6. The van der Waals surface area contributed by atoms with Gasteiger partial charge in [0.25, 0.3) is 0 Å². The molecule has 2 unspecified atom stereocenters. The summed E-state index contributed by atoms with van der Waals surface area (Å²) in [4.78, 5) is 26.7. The van der Waals surface area contributed by atoms with E-state index in [-0.39, 0.29) is 36.2 Å². The van der Waals surface area contributed by atoms with Crippen molar-refractivity contribution in [3.05, 3.63) is 35.9 Å². The highest BCUT2D eigenvalue weighted by Crippen LogP contribution is 2.27. The van der Waals surface area contributed by atoms with Crippen LogP contribution in [0, 0.1) is 11.8 Å². The van der Waals surface area contributed by atoms with Crippen LogP contribution in [0.2, 0.25) is 0 Å². The lowest BCUT2D eigenvalue weighted by molar-refractivity contribution is -0.129. The predicted molar refractivity (Wildman–Crippen MR) is 105 cm³/mol. The first-order chi connectivity index (χ1) is 12.2. The zero-order valence-corrected chi connectivity index (χ0v) is 16.0. The quantitative estimate of drug-likeness (QED) is 0.797. The number of halogens is 1. The minimum atomic E-state index is -0.256. The van der Waals surface area contributed by atoms with Gasteiger partial charge in [-0.3, -0.25) is 9.59 Å². The van der Waals surface area contributed by atoms with Gasteiger partial charge >= 0.3 is 0 Å². The fraction of sp³-hybridized carbons (Fsp3) is 0.600. The maximum absolute atomic E-state index is 12.7. The van der Waals surface area contributed by atoms with Crippen LogP contribution in [-0.2, 0) is 16.1 Å². The van der Waals surface area contributed by atoms with Crippen LogP contribution in [-0.4, -0.2) is 35.8 Å². The van der Waals surface area contributed by atoms with Gasteiger partial charge < -0.3 is 16.0 Å². The molecular formula is C20H30ClN3O2. The number of amides is 2. The highest BCUT2D eigenvalue weighted by Gasteiger charge is 2.35. The number of carbonyl (C=O) groups is 2. The molecule has 0 bridgehead atoms. The third-order valence-corrected chi connectivity index (χ3v) is 5.60. The number of benzene rings is 1. The first kappa shape index (κ1) is 20.7. The van der Waals surface area contributed by atoms with E-state index in [4.69, 9.17) is 5.73 Å². The van der Waals surface area contributed by atoms with Crippen molar-refractivity contribution in [1.82, 2.24) is 10.2 Å². The Bertz CT molecular complexity index is 590. The van der Waals surface area contributed by atoms with E-state index in [0.717, 1.165) is 18.4 Å². The lowest BCUT2D eigenvalue weighted by Crippen LogP contribution is -2.48. The van der Waals surface area contributed by atoms with Crippen LogP contribution in [0.1, 0.15) is 44.1 Å². The van der Waals surface area contributed by atoms with Crippen LogP contribution in [0.4, 0.5) is 0 Å². The van der Waals surface area contributed by atoms with Crippen molar-refractivity contribution in [1.29, 1.82) is 0 Å². The lowest BCUT2D eigenvalue weighted by Gasteiger charge is -2.30. The molecule has 1 saturated heterocycles. The number of nitrogens with one attached hydrogen (secondary N) is 1. The van der Waals surface area contributed by atoms with Crippen LogP contribution in [0.5, 0.6) is 0 Å². The third-order valence-electron chi connectivity index (χ3n) is 5.60. The van der Waals surface area contributed by atoms with Gasteiger partial charge in [-0.1, -0.05) is 49.6 Å². The molecule has 2 fully saturated rings. The van der Waals surface area contributed by atoms with E-state index in [1.807, 2.05) is 30.3 Å². The van der Waals surface area contributed by atoms with Crippen molar-refractivity contribution in [2.24, 2.45) is 17.6 Å². The minimum Gasteiger partial charge on any atom is -0.352 e. The van der Waals surface area contributed by atoms with Gasteiger partial charge in [0.2, 0.25) is 11.8 Å². The van der Waals surface area contributed by atoms with Gasteiger partial charge in [0.15, 0.2) is 0 Å². The molecule has 0 radical (unpaired) electrons. The van der Waals surface area contributed by atoms with Gasteiger partial charge in [-0.15, -0.1) is 12.4 Å². The number of nitrogens with zero attached hydrogens (tertiary/aromatic N) is 1. The molecule has 2 amide bonds. The minimum absolute atomic E-state index is 0. The van der Waals surface area contributed by atoms with Crippen molar-refractivity contribution in [2.75, 3.05) is 13.1 Å². The SMILES string of the molecule is Cl.NCC(NC(=O)C1CC(=O)N(Cc2ccccc2)C1)C1CCCCC1. The highest BCUT2D eigenvalue weighted by molar-refractivity contribution is 5.89. The van der Waals surface area contributed by atoms with Crippen molar-refractivity contribution >= 4 is 24.2 Å². The van der Waals surface area contributed by atoms with Crippen LogP contribution in [0.25, 0.3) is 0 Å². The summed E-state index contributed by atoms with van der Waals surface area (Å²) in [7, 11) is 0. The second kappa shape index (κ2) is 9.93. The molecular weight excluding hydrogens is 350 g/mol. The van der Waals surface area contributed by atoms with E-state index < -0.39 is 0 Å². The zero-order chi connectivity index (χ0) is 17.6. The second-order valence-corrected chi connectivity index (χ2v) is 7.41. The Labute approximate surface area is 162 Å². The van der Waals surface area contributed by atoms with Gasteiger partial charge in [0.05, 0.1) is 5.92 Å². The van der Waals surface area contributed by atoms with E-state index in [1.54, 1.807) is 4.90 Å². The number of likely N-dealkylation sites (tertiary alicyclic amines) is 1. The summed E-state index contributed by atoms with van der Waals surface area (Å²) >= 11 is 0. The molecule has 26 heavy (non-hydrogen) atoms. The van der Waals surface area contributed by atoms with E-state index in [9.17, 15) is 9.59 Å². The normalized spacial score (nSPS) is 22.0. The Hall–Kier alpha value is -1.59. The molecule has 5 nitrogen and oxygen atoms in total. The van der Waals surface area contributed by atoms with E-state index in [1.165, 1.54) is 19.3 Å². The van der Waals surface area contributed by atoms with E-state index >= 15 is 0 Å². The zero-order valence-electron chi connectivity index (χ0n) is 15.2. The fourth-order valence-corrected chi connectivity index (χ4v) is 4.11. The third kappa shape index (κ3) is 5.21. The summed E-state index contributed by atoms with van der Waals surface area (Å²) in [6.45, 7) is 1.55. The van der Waals surface area contributed by atoms with E-state index in [0.29, 0.717) is 32.0 Å². The molecule has 1 heterocycles. The van der Waals surface area contributed by atoms with Gasteiger partial charge in [-0.2, -0.15) is 0 Å². The molecule has 1 aliphatic heterocycles. The Morgan fingerprint density at radius 2 is 1.88 bits per heavy atom. The molecule has 3 rings (SSSR count). The Morgan fingerprint density at radius 3 is 2.54 bits per heavy atom. The van der Waals surface area contributed by atoms with Gasteiger partial charge in [-0.05, 0) is 24.3 Å². The number of hydrogen-bond donors (Lipinski definition) is 2. The summed E-state index contributed by atoms with van der Waals surface area (Å²) < 4.78 is 0. The van der Waals surface area contributed by atoms with Crippen LogP contribution in [0.3, 0.4) is 0 Å². The van der Waals surface area contributed by atoms with Gasteiger partial charge in [0.1, 0.15) is 0 Å². The number of nitrogens with two attached hydrogens (primary N) is 1. The van der Waals surface area contributed by atoms with Crippen molar-refractivity contribution in [3.63, 3.8) is 0 Å². The molecule has 2 aliphatic rings. The molecule has 1 aromatic rings. The molecule has 1 saturated carbocycles. The molecule has 3 N–H and O–H groups in total. The van der Waals surface area contributed by atoms with Crippen LogP contribution < -0.4 is 11.1 Å². The maximum atomic E-state index is 12.7. The summed E-state index contributed by atoms with van der Waals surface area (Å²) in [6, 6.07) is 9.96. The topological polar surface area (TPSA) is 75.4 Å². The average Bonchev–Trinajstić information content (AvgIpc) is 3.02. The molecule has 6 heteroatoms. The summed E-state index contributed by atoms with van der Waals surface area (Å²) in [5, 5.41) is 3.14. The molecule has 1 aromatic carbocycles. The van der Waals surface area contributed by atoms with Crippen molar-refractivity contribution in [2.45, 2.75) is 51.1 Å². The van der Waals surface area contributed by atoms with Crippen LogP contribution >= 0.6 is 12.4 Å². The number of hydrogen-bond acceptors (Lipinski definition) is 3. The molecule has 2 atom stereocenters.